The molecule has 0 aliphatic rings. The van der Waals surface area contributed by atoms with Crippen LogP contribution in [-0.4, -0.2) is 5.54 Å². The van der Waals surface area contributed by atoms with Crippen molar-refractivity contribution < 1.29 is 0 Å². The normalized spacial score (nSPS) is 12.8. The molecule has 116 valence electrons. The Bertz CT molecular complexity index is 329. The number of benzene rings is 1. The first-order chi connectivity index (χ1) is 9.04. The van der Waals surface area contributed by atoms with Crippen molar-refractivity contribution in [1.29, 1.82) is 0 Å². The second-order valence-corrected chi connectivity index (χ2v) is 6.41. The highest BCUT2D eigenvalue weighted by atomic mass is 79.9. The maximum atomic E-state index is 6.37. The summed E-state index contributed by atoms with van der Waals surface area (Å²) in [5.74, 6) is 0.580. The van der Waals surface area contributed by atoms with E-state index in [0.29, 0.717) is 5.92 Å². The predicted molar refractivity (Wildman–Crippen MR) is 95.6 cm³/mol. The zero-order valence-corrected chi connectivity index (χ0v) is 15.1. The molecule has 2 N–H and O–H groups in total. The lowest BCUT2D eigenvalue weighted by molar-refractivity contribution is 0.290. The second kappa shape index (κ2) is 10.4. The van der Waals surface area contributed by atoms with E-state index in [1.807, 2.05) is 0 Å². The van der Waals surface area contributed by atoms with E-state index in [-0.39, 0.29) is 22.5 Å². The lowest BCUT2D eigenvalue weighted by atomic mass is 9.80. The van der Waals surface area contributed by atoms with E-state index in [1.54, 1.807) is 0 Å². The number of halogens is 1. The number of rotatable bonds is 9. The van der Waals surface area contributed by atoms with Crippen molar-refractivity contribution in [2.24, 2.45) is 11.7 Å². The largest absolute Gasteiger partial charge is 0.325 e. The van der Waals surface area contributed by atoms with E-state index >= 15 is 0 Å². The summed E-state index contributed by atoms with van der Waals surface area (Å²) in [5.41, 5.74) is 7.70. The molecule has 0 heterocycles. The molecule has 0 radical (unpaired) electrons. The van der Waals surface area contributed by atoms with Gasteiger partial charge in [0.25, 0.3) is 0 Å². The molecule has 0 saturated heterocycles. The maximum Gasteiger partial charge on any atom is 0.0129 e. The van der Waals surface area contributed by atoms with Gasteiger partial charge < -0.3 is 5.73 Å². The van der Waals surface area contributed by atoms with Crippen molar-refractivity contribution in [1.82, 2.24) is 0 Å². The van der Waals surface area contributed by atoms with E-state index in [1.165, 1.54) is 44.1 Å². The third kappa shape index (κ3) is 8.06. The van der Waals surface area contributed by atoms with Gasteiger partial charge in [-0.2, -0.15) is 0 Å². The highest BCUT2D eigenvalue weighted by Gasteiger charge is 2.24. The van der Waals surface area contributed by atoms with E-state index in [4.69, 9.17) is 5.73 Å². The maximum absolute atomic E-state index is 6.37. The lowest BCUT2D eigenvalue weighted by Gasteiger charge is -2.31. The lowest BCUT2D eigenvalue weighted by Crippen LogP contribution is -2.42. The minimum Gasteiger partial charge on any atom is -0.325 e. The Labute approximate surface area is 136 Å². The highest BCUT2D eigenvalue weighted by Crippen LogP contribution is 2.25. The highest BCUT2D eigenvalue weighted by molar-refractivity contribution is 8.93. The molecule has 1 aromatic carbocycles. The molecular formula is C18H32BrN. The van der Waals surface area contributed by atoms with E-state index in [2.05, 4.69) is 51.1 Å². The van der Waals surface area contributed by atoms with Crippen LogP contribution >= 0.6 is 17.0 Å². The molecule has 0 spiro atoms. The first-order valence-electron chi connectivity index (χ1n) is 7.87. The molecule has 0 saturated carbocycles. The monoisotopic (exact) mass is 341 g/mol. The molecule has 2 heteroatoms. The van der Waals surface area contributed by atoms with Crippen molar-refractivity contribution in [3.05, 3.63) is 35.9 Å². The summed E-state index contributed by atoms with van der Waals surface area (Å²) in [6, 6.07) is 10.8. The Kier molecular flexibility index (Phi) is 10.2. The molecule has 0 aromatic heterocycles. The molecule has 0 amide bonds. The Morgan fingerprint density at radius 2 is 1.60 bits per heavy atom. The third-order valence-electron chi connectivity index (χ3n) is 4.03. The standard InChI is InChI=1S/C18H31N.BrH/c1-4-5-6-7-11-14-17(18(2,3)19)15-16-12-9-8-10-13-16;/h8-10,12-13,17H,4-7,11,14-15,19H2,1-3H3;1H. The van der Waals surface area contributed by atoms with Crippen molar-refractivity contribution >= 4 is 17.0 Å². The molecule has 0 aliphatic heterocycles. The minimum absolute atomic E-state index is 0. The first-order valence-corrected chi connectivity index (χ1v) is 7.87. The smallest absolute Gasteiger partial charge is 0.0129 e. The molecule has 1 aromatic rings. The molecule has 0 fully saturated rings. The molecule has 0 aliphatic carbocycles. The van der Waals surface area contributed by atoms with E-state index in [9.17, 15) is 0 Å². The fraction of sp³-hybridized carbons (Fsp3) is 0.667. The van der Waals surface area contributed by atoms with Gasteiger partial charge >= 0.3 is 0 Å². The van der Waals surface area contributed by atoms with Crippen molar-refractivity contribution in [2.75, 3.05) is 0 Å². The Hall–Kier alpha value is -0.340. The molecular weight excluding hydrogens is 310 g/mol. The van der Waals surface area contributed by atoms with Crippen LogP contribution in [0.4, 0.5) is 0 Å². The predicted octanol–water partition coefficient (Wildman–Crippen LogP) is 5.52. The van der Waals surface area contributed by atoms with Gasteiger partial charge in [0, 0.05) is 5.54 Å². The van der Waals surface area contributed by atoms with Gasteiger partial charge in [-0.25, -0.2) is 0 Å². The first kappa shape index (κ1) is 19.7. The van der Waals surface area contributed by atoms with Crippen LogP contribution in [0.15, 0.2) is 30.3 Å². The fourth-order valence-electron chi connectivity index (χ4n) is 2.63. The Morgan fingerprint density at radius 1 is 1.00 bits per heavy atom. The van der Waals surface area contributed by atoms with Crippen LogP contribution in [-0.2, 0) is 6.42 Å². The SMILES string of the molecule is Br.CCCCCCCC(Cc1ccccc1)C(C)(C)N. The summed E-state index contributed by atoms with van der Waals surface area (Å²) < 4.78 is 0. The number of nitrogens with two attached hydrogens (primary N) is 1. The van der Waals surface area contributed by atoms with Crippen molar-refractivity contribution in [3.8, 4) is 0 Å². The molecule has 0 bridgehead atoms. The van der Waals surface area contributed by atoms with Crippen molar-refractivity contribution in [2.45, 2.75) is 71.3 Å². The van der Waals surface area contributed by atoms with Gasteiger partial charge in [0.2, 0.25) is 0 Å². The molecule has 1 atom stereocenters. The summed E-state index contributed by atoms with van der Waals surface area (Å²) in [6.45, 7) is 6.61. The molecule has 20 heavy (non-hydrogen) atoms. The molecule has 1 rings (SSSR count). The van der Waals surface area contributed by atoms with Gasteiger partial charge in [-0.05, 0) is 38.2 Å². The molecule has 1 nitrogen and oxygen atoms in total. The number of hydrogen-bond donors (Lipinski definition) is 1. The number of unbranched alkanes of at least 4 members (excludes halogenated alkanes) is 4. The van der Waals surface area contributed by atoms with E-state index in [0.717, 1.165) is 6.42 Å². The van der Waals surface area contributed by atoms with Crippen LogP contribution in [0.2, 0.25) is 0 Å². The minimum atomic E-state index is -0.0827. The summed E-state index contributed by atoms with van der Waals surface area (Å²) in [4.78, 5) is 0. The molecule has 1 unspecified atom stereocenters. The van der Waals surface area contributed by atoms with Gasteiger partial charge in [0.15, 0.2) is 0 Å². The zero-order valence-electron chi connectivity index (χ0n) is 13.4. The van der Waals surface area contributed by atoms with Crippen LogP contribution in [0.1, 0.15) is 64.9 Å². The van der Waals surface area contributed by atoms with Gasteiger partial charge in [0.05, 0.1) is 0 Å². The Morgan fingerprint density at radius 3 is 2.15 bits per heavy atom. The van der Waals surface area contributed by atoms with Gasteiger partial charge in [-0.1, -0.05) is 69.4 Å². The van der Waals surface area contributed by atoms with Crippen LogP contribution in [0, 0.1) is 5.92 Å². The van der Waals surface area contributed by atoms with Crippen LogP contribution < -0.4 is 5.73 Å². The van der Waals surface area contributed by atoms with Crippen molar-refractivity contribution in [3.63, 3.8) is 0 Å². The fourth-order valence-corrected chi connectivity index (χ4v) is 2.63. The van der Waals surface area contributed by atoms with Gasteiger partial charge in [0.1, 0.15) is 0 Å². The topological polar surface area (TPSA) is 26.0 Å². The van der Waals surface area contributed by atoms with Gasteiger partial charge in [-0.15, -0.1) is 17.0 Å². The van der Waals surface area contributed by atoms with Gasteiger partial charge in [-0.3, -0.25) is 0 Å². The quantitative estimate of drug-likeness (QED) is 0.588. The average Bonchev–Trinajstić information content (AvgIpc) is 2.37. The summed E-state index contributed by atoms with van der Waals surface area (Å²) in [6.07, 6.45) is 9.10. The third-order valence-corrected chi connectivity index (χ3v) is 4.03. The second-order valence-electron chi connectivity index (χ2n) is 6.41. The van der Waals surface area contributed by atoms with E-state index < -0.39 is 0 Å². The summed E-state index contributed by atoms with van der Waals surface area (Å²) in [5, 5.41) is 0. The summed E-state index contributed by atoms with van der Waals surface area (Å²) in [7, 11) is 0. The average molecular weight is 342 g/mol. The summed E-state index contributed by atoms with van der Waals surface area (Å²) >= 11 is 0. The van der Waals surface area contributed by atoms with Crippen LogP contribution in [0.3, 0.4) is 0 Å². The zero-order chi connectivity index (χ0) is 14.1. The van der Waals surface area contributed by atoms with Crippen LogP contribution in [0.5, 0.6) is 0 Å². The Balaban J connectivity index is 0.00000361. The van der Waals surface area contributed by atoms with Crippen LogP contribution in [0.25, 0.3) is 0 Å². The number of hydrogen-bond acceptors (Lipinski definition) is 1.